The Hall–Kier alpha value is -6.43. The van der Waals surface area contributed by atoms with E-state index >= 15 is 0 Å². The van der Waals surface area contributed by atoms with Gasteiger partial charge in [-0.3, -0.25) is 0 Å². The Balaban J connectivity index is 1.04. The highest BCUT2D eigenvalue weighted by Crippen LogP contribution is 2.41. The summed E-state index contributed by atoms with van der Waals surface area (Å²) < 4.78 is 9.17. The third kappa shape index (κ3) is 4.87. The first-order valence-electron chi connectivity index (χ1n) is 16.6. The lowest BCUT2D eigenvalue weighted by atomic mass is 9.99. The zero-order chi connectivity index (χ0) is 33.0. The van der Waals surface area contributed by atoms with Gasteiger partial charge in [-0.25, -0.2) is 15.0 Å². The van der Waals surface area contributed by atoms with Crippen LogP contribution >= 0.6 is 11.3 Å². The molecular formula is C45H27N3OS. The van der Waals surface area contributed by atoms with E-state index in [2.05, 4.69) is 103 Å². The lowest BCUT2D eigenvalue weighted by molar-refractivity contribution is 0.669. The molecule has 3 aromatic heterocycles. The first-order chi connectivity index (χ1) is 24.7. The molecule has 10 aromatic rings. The number of hydrogen-bond donors (Lipinski definition) is 0. The van der Waals surface area contributed by atoms with Crippen LogP contribution in [0.3, 0.4) is 0 Å². The van der Waals surface area contributed by atoms with E-state index in [0.29, 0.717) is 17.5 Å². The molecule has 0 N–H and O–H groups in total. The van der Waals surface area contributed by atoms with E-state index < -0.39 is 0 Å². The molecule has 5 heteroatoms. The van der Waals surface area contributed by atoms with Crippen LogP contribution < -0.4 is 0 Å². The molecule has 0 amide bonds. The van der Waals surface area contributed by atoms with Crippen LogP contribution in [-0.2, 0) is 0 Å². The molecular weight excluding hydrogens is 631 g/mol. The molecule has 7 aromatic carbocycles. The van der Waals surface area contributed by atoms with Gasteiger partial charge in [0.25, 0.3) is 0 Å². The van der Waals surface area contributed by atoms with Crippen molar-refractivity contribution in [1.29, 1.82) is 0 Å². The monoisotopic (exact) mass is 657 g/mol. The summed E-state index contributed by atoms with van der Waals surface area (Å²) in [6.07, 6.45) is 0. The first-order valence-corrected chi connectivity index (χ1v) is 17.4. The van der Waals surface area contributed by atoms with Gasteiger partial charge in [-0.05, 0) is 58.7 Å². The van der Waals surface area contributed by atoms with Crippen LogP contribution in [0, 0.1) is 0 Å². The molecule has 0 radical (unpaired) electrons. The van der Waals surface area contributed by atoms with Crippen molar-refractivity contribution in [2.45, 2.75) is 0 Å². The van der Waals surface area contributed by atoms with Gasteiger partial charge in [-0.15, -0.1) is 11.3 Å². The summed E-state index contributed by atoms with van der Waals surface area (Å²) in [5.74, 6) is 1.92. The van der Waals surface area contributed by atoms with Crippen molar-refractivity contribution < 1.29 is 4.42 Å². The van der Waals surface area contributed by atoms with Crippen LogP contribution in [0.1, 0.15) is 0 Å². The Labute approximate surface area is 292 Å². The van der Waals surface area contributed by atoms with Gasteiger partial charge in [0.05, 0.1) is 0 Å². The summed E-state index contributed by atoms with van der Waals surface area (Å²) in [4.78, 5) is 14.7. The molecule has 0 spiro atoms. The van der Waals surface area contributed by atoms with Crippen LogP contribution in [0.5, 0.6) is 0 Å². The molecule has 50 heavy (non-hydrogen) atoms. The summed E-state index contributed by atoms with van der Waals surface area (Å²) in [5.41, 5.74) is 9.07. The quantitative estimate of drug-likeness (QED) is 0.185. The summed E-state index contributed by atoms with van der Waals surface area (Å²) >= 11 is 1.85. The molecule has 0 saturated carbocycles. The van der Waals surface area contributed by atoms with Crippen molar-refractivity contribution >= 4 is 53.4 Å². The number of hydrogen-bond acceptors (Lipinski definition) is 5. The van der Waals surface area contributed by atoms with Gasteiger partial charge in [0.1, 0.15) is 11.2 Å². The van der Waals surface area contributed by atoms with Crippen LogP contribution in [0.15, 0.2) is 168 Å². The molecule has 0 saturated heterocycles. The number of thiophene rings is 1. The van der Waals surface area contributed by atoms with E-state index in [4.69, 9.17) is 19.4 Å². The molecule has 10 rings (SSSR count). The SMILES string of the molecule is c1ccc(-c2nc(-c3ccccc3)nc(-c3cccc(-c4ccc5c(c4)oc4cc(-c6cccc7c6sc6ccccc67)ccc45)c3)n2)cc1. The number of nitrogens with zero attached hydrogens (tertiary/aromatic N) is 3. The van der Waals surface area contributed by atoms with E-state index in [0.717, 1.165) is 55.3 Å². The third-order valence-electron chi connectivity index (χ3n) is 9.34. The lowest BCUT2D eigenvalue weighted by Crippen LogP contribution is -2.00. The van der Waals surface area contributed by atoms with E-state index in [1.165, 1.54) is 25.7 Å². The van der Waals surface area contributed by atoms with E-state index in [1.54, 1.807) is 0 Å². The highest BCUT2D eigenvalue weighted by atomic mass is 32.1. The molecule has 0 aliphatic heterocycles. The number of rotatable bonds is 5. The molecule has 4 nitrogen and oxygen atoms in total. The minimum absolute atomic E-state index is 0.630. The Kier molecular flexibility index (Phi) is 6.64. The number of aromatic nitrogens is 3. The van der Waals surface area contributed by atoms with Crippen molar-refractivity contribution in [1.82, 2.24) is 15.0 Å². The van der Waals surface area contributed by atoms with Gasteiger partial charge in [0.15, 0.2) is 17.5 Å². The van der Waals surface area contributed by atoms with Crippen LogP contribution in [0.2, 0.25) is 0 Å². The van der Waals surface area contributed by atoms with Crippen LogP contribution in [0.25, 0.3) is 98.5 Å². The largest absolute Gasteiger partial charge is 0.456 e. The molecule has 0 bridgehead atoms. The van der Waals surface area contributed by atoms with Gasteiger partial charge in [-0.2, -0.15) is 0 Å². The van der Waals surface area contributed by atoms with Crippen molar-refractivity contribution in [3.05, 3.63) is 164 Å². The minimum atomic E-state index is 0.630. The summed E-state index contributed by atoms with van der Waals surface area (Å²) in [6, 6.07) is 56.8. The predicted octanol–water partition coefficient (Wildman–Crippen LogP) is 12.5. The molecule has 0 fully saturated rings. The highest BCUT2D eigenvalue weighted by Gasteiger charge is 2.16. The third-order valence-corrected chi connectivity index (χ3v) is 10.6. The standard InChI is InChI=1S/C45H27N3OS/c1-3-11-28(12-4-1)43-46-44(29-13-5-2-6-14-29)48-45(47-43)33-16-9-15-30(25-33)31-21-23-35-36-24-22-32(27-40(36)49-39(35)26-31)34-18-10-19-38-37-17-7-8-20-41(37)50-42(34)38/h1-27H. The maximum absolute atomic E-state index is 6.56. The fraction of sp³-hybridized carbons (Fsp3) is 0. The second-order valence-corrected chi connectivity index (χ2v) is 13.5. The van der Waals surface area contributed by atoms with Gasteiger partial charge in [0, 0.05) is 47.6 Å². The first kappa shape index (κ1) is 28.6. The number of fused-ring (bicyclic) bond motifs is 6. The zero-order valence-electron chi connectivity index (χ0n) is 26.7. The van der Waals surface area contributed by atoms with Crippen molar-refractivity contribution in [2.24, 2.45) is 0 Å². The van der Waals surface area contributed by atoms with E-state index in [1.807, 2.05) is 72.0 Å². The zero-order valence-corrected chi connectivity index (χ0v) is 27.6. The van der Waals surface area contributed by atoms with E-state index in [9.17, 15) is 0 Å². The van der Waals surface area contributed by atoms with Gasteiger partial charge >= 0.3 is 0 Å². The molecule has 0 aliphatic carbocycles. The fourth-order valence-electron chi connectivity index (χ4n) is 6.87. The number of benzene rings is 7. The lowest BCUT2D eigenvalue weighted by Gasteiger charge is -2.09. The predicted molar refractivity (Wildman–Crippen MR) is 207 cm³/mol. The normalized spacial score (nSPS) is 11.6. The topological polar surface area (TPSA) is 51.8 Å². The Morgan fingerprint density at radius 1 is 0.360 bits per heavy atom. The maximum atomic E-state index is 6.56. The van der Waals surface area contributed by atoms with Crippen LogP contribution in [-0.4, -0.2) is 15.0 Å². The smallest absolute Gasteiger partial charge is 0.164 e. The Morgan fingerprint density at radius 2 is 0.880 bits per heavy atom. The minimum Gasteiger partial charge on any atom is -0.456 e. The van der Waals surface area contributed by atoms with Gasteiger partial charge in [-0.1, -0.05) is 127 Å². The second-order valence-electron chi connectivity index (χ2n) is 12.4. The maximum Gasteiger partial charge on any atom is 0.164 e. The summed E-state index contributed by atoms with van der Waals surface area (Å²) in [5, 5.41) is 4.81. The average Bonchev–Trinajstić information content (AvgIpc) is 3.76. The fourth-order valence-corrected chi connectivity index (χ4v) is 8.11. The molecule has 0 atom stereocenters. The molecule has 0 unspecified atom stereocenters. The average molecular weight is 658 g/mol. The van der Waals surface area contributed by atoms with Crippen molar-refractivity contribution in [3.63, 3.8) is 0 Å². The van der Waals surface area contributed by atoms with Gasteiger partial charge in [0.2, 0.25) is 0 Å². The Morgan fingerprint density at radius 3 is 1.60 bits per heavy atom. The highest BCUT2D eigenvalue weighted by molar-refractivity contribution is 7.26. The number of furan rings is 1. The van der Waals surface area contributed by atoms with Crippen molar-refractivity contribution in [2.75, 3.05) is 0 Å². The van der Waals surface area contributed by atoms with Crippen molar-refractivity contribution in [3.8, 4) is 56.4 Å². The van der Waals surface area contributed by atoms with Gasteiger partial charge < -0.3 is 4.42 Å². The molecule has 0 aliphatic rings. The summed E-state index contributed by atoms with van der Waals surface area (Å²) in [6.45, 7) is 0. The second kappa shape index (κ2) is 11.6. The van der Waals surface area contributed by atoms with E-state index in [-0.39, 0.29) is 0 Å². The molecule has 234 valence electrons. The molecule has 3 heterocycles. The Bertz CT molecular complexity index is 2820. The summed E-state index contributed by atoms with van der Waals surface area (Å²) in [7, 11) is 0. The van der Waals surface area contributed by atoms with Crippen LogP contribution in [0.4, 0.5) is 0 Å².